The van der Waals surface area contributed by atoms with Crippen LogP contribution in [0.4, 0.5) is 15.2 Å². The lowest BCUT2D eigenvalue weighted by Gasteiger charge is -2.00. The average Bonchev–Trinajstić information content (AvgIpc) is 2.86. The molecule has 0 unspecified atom stereocenters. The molecule has 1 aromatic heterocycles. The highest BCUT2D eigenvalue weighted by molar-refractivity contribution is 8.01. The van der Waals surface area contributed by atoms with E-state index in [4.69, 9.17) is 5.26 Å². The van der Waals surface area contributed by atoms with Gasteiger partial charge in [0.1, 0.15) is 5.82 Å². The summed E-state index contributed by atoms with van der Waals surface area (Å²) in [7, 11) is 0. The van der Waals surface area contributed by atoms with Crippen molar-refractivity contribution in [2.75, 3.05) is 11.1 Å². The van der Waals surface area contributed by atoms with Gasteiger partial charge in [0, 0.05) is 11.4 Å². The SMILES string of the molecule is C[C@H](C#N)CSc1nnc(Nc2ccc(F)cc2)s1. The zero-order valence-corrected chi connectivity index (χ0v) is 11.8. The summed E-state index contributed by atoms with van der Waals surface area (Å²) in [6, 6.07) is 8.22. The Labute approximate surface area is 118 Å². The molecule has 2 rings (SSSR count). The van der Waals surface area contributed by atoms with Crippen molar-refractivity contribution in [1.29, 1.82) is 5.26 Å². The Morgan fingerprint density at radius 2 is 2.16 bits per heavy atom. The average molecular weight is 294 g/mol. The third kappa shape index (κ3) is 4.19. The van der Waals surface area contributed by atoms with Crippen LogP contribution in [0.3, 0.4) is 0 Å². The molecule has 0 spiro atoms. The Morgan fingerprint density at radius 1 is 1.42 bits per heavy atom. The minimum Gasteiger partial charge on any atom is -0.330 e. The largest absolute Gasteiger partial charge is 0.330 e. The second-order valence-electron chi connectivity index (χ2n) is 3.85. The number of nitrogens with zero attached hydrogens (tertiary/aromatic N) is 3. The van der Waals surface area contributed by atoms with Crippen LogP contribution >= 0.6 is 23.1 Å². The molecule has 1 atom stereocenters. The second kappa shape index (κ2) is 6.50. The van der Waals surface area contributed by atoms with Gasteiger partial charge in [-0.05, 0) is 31.2 Å². The maximum absolute atomic E-state index is 12.8. The third-order valence-corrected chi connectivity index (χ3v) is 4.41. The lowest BCUT2D eigenvalue weighted by Crippen LogP contribution is -1.92. The van der Waals surface area contributed by atoms with E-state index in [9.17, 15) is 4.39 Å². The molecule has 2 aromatic rings. The van der Waals surface area contributed by atoms with E-state index < -0.39 is 0 Å². The van der Waals surface area contributed by atoms with Crippen LogP contribution in [0.5, 0.6) is 0 Å². The van der Waals surface area contributed by atoms with E-state index in [1.807, 2.05) is 6.92 Å². The molecule has 0 aliphatic carbocycles. The summed E-state index contributed by atoms with van der Waals surface area (Å²) < 4.78 is 13.6. The Kier molecular flexibility index (Phi) is 4.71. The fourth-order valence-electron chi connectivity index (χ4n) is 1.21. The molecule has 0 amide bonds. The first-order valence-corrected chi connectivity index (χ1v) is 7.36. The lowest BCUT2D eigenvalue weighted by molar-refractivity contribution is 0.628. The van der Waals surface area contributed by atoms with Crippen molar-refractivity contribution in [2.45, 2.75) is 11.3 Å². The molecule has 1 heterocycles. The number of aromatic nitrogens is 2. The van der Waals surface area contributed by atoms with Crippen LogP contribution in [0.2, 0.25) is 0 Å². The zero-order chi connectivity index (χ0) is 13.7. The van der Waals surface area contributed by atoms with Crippen LogP contribution in [0, 0.1) is 23.1 Å². The standard InChI is InChI=1S/C12H11FN4S2/c1-8(6-14)7-18-12-17-16-11(19-12)15-10-4-2-9(13)3-5-10/h2-5,8H,7H2,1H3,(H,15,16)/t8-/m1/s1. The van der Waals surface area contributed by atoms with Gasteiger partial charge in [0.25, 0.3) is 0 Å². The van der Waals surface area contributed by atoms with Crippen LogP contribution in [0.15, 0.2) is 28.6 Å². The van der Waals surface area contributed by atoms with E-state index in [0.717, 1.165) is 10.0 Å². The molecule has 0 aliphatic rings. The van der Waals surface area contributed by atoms with Crippen molar-refractivity contribution in [3.8, 4) is 6.07 Å². The molecule has 0 saturated heterocycles. The third-order valence-electron chi connectivity index (χ3n) is 2.18. The summed E-state index contributed by atoms with van der Waals surface area (Å²) >= 11 is 2.92. The molecule has 0 bridgehead atoms. The van der Waals surface area contributed by atoms with Crippen molar-refractivity contribution in [3.63, 3.8) is 0 Å². The highest BCUT2D eigenvalue weighted by Gasteiger charge is 2.07. The summed E-state index contributed by atoms with van der Waals surface area (Å²) in [5, 5.41) is 20.4. The Balaban J connectivity index is 1.94. The molecule has 1 aromatic carbocycles. The molecule has 0 fully saturated rings. The van der Waals surface area contributed by atoms with Gasteiger partial charge < -0.3 is 5.32 Å². The van der Waals surface area contributed by atoms with Gasteiger partial charge in [-0.15, -0.1) is 10.2 Å². The first-order valence-electron chi connectivity index (χ1n) is 5.56. The van der Waals surface area contributed by atoms with Gasteiger partial charge in [-0.1, -0.05) is 23.1 Å². The van der Waals surface area contributed by atoms with Crippen molar-refractivity contribution in [3.05, 3.63) is 30.1 Å². The van der Waals surface area contributed by atoms with E-state index in [-0.39, 0.29) is 11.7 Å². The lowest BCUT2D eigenvalue weighted by atomic mass is 10.3. The number of hydrogen-bond acceptors (Lipinski definition) is 6. The normalized spacial score (nSPS) is 11.8. The van der Waals surface area contributed by atoms with E-state index >= 15 is 0 Å². The first-order chi connectivity index (χ1) is 9.17. The van der Waals surface area contributed by atoms with Crippen LogP contribution in [-0.2, 0) is 0 Å². The van der Waals surface area contributed by atoms with E-state index in [0.29, 0.717) is 10.9 Å². The molecular weight excluding hydrogens is 283 g/mol. The second-order valence-corrected chi connectivity index (χ2v) is 6.09. The minimum atomic E-state index is -0.274. The summed E-state index contributed by atoms with van der Waals surface area (Å²) in [6.45, 7) is 1.87. The van der Waals surface area contributed by atoms with E-state index in [1.165, 1.54) is 35.2 Å². The molecular formula is C12H11FN4S2. The Bertz CT molecular complexity index is 576. The molecule has 98 valence electrons. The maximum atomic E-state index is 12.8. The van der Waals surface area contributed by atoms with Crippen molar-refractivity contribution < 1.29 is 4.39 Å². The van der Waals surface area contributed by atoms with Gasteiger partial charge in [0.2, 0.25) is 5.13 Å². The molecule has 1 N–H and O–H groups in total. The van der Waals surface area contributed by atoms with Gasteiger partial charge in [-0.2, -0.15) is 5.26 Å². The summed E-state index contributed by atoms with van der Waals surface area (Å²) in [5.41, 5.74) is 0.763. The highest BCUT2D eigenvalue weighted by Crippen LogP contribution is 2.28. The number of rotatable bonds is 5. The monoisotopic (exact) mass is 294 g/mol. The number of hydrogen-bond donors (Lipinski definition) is 1. The minimum absolute atomic E-state index is 0.0117. The van der Waals surface area contributed by atoms with Crippen molar-refractivity contribution in [1.82, 2.24) is 10.2 Å². The molecule has 0 aliphatic heterocycles. The summed E-state index contributed by atoms with van der Waals surface area (Å²) in [5.74, 6) is 0.411. The zero-order valence-electron chi connectivity index (χ0n) is 10.1. The summed E-state index contributed by atoms with van der Waals surface area (Å²) in [4.78, 5) is 0. The Morgan fingerprint density at radius 3 is 2.84 bits per heavy atom. The predicted molar refractivity (Wildman–Crippen MR) is 75.1 cm³/mol. The number of nitriles is 1. The van der Waals surface area contributed by atoms with E-state index in [1.54, 1.807) is 12.1 Å². The fourth-order valence-corrected chi connectivity index (χ4v) is 2.95. The predicted octanol–water partition coefficient (Wildman–Crippen LogP) is 3.67. The van der Waals surface area contributed by atoms with Crippen molar-refractivity contribution >= 4 is 33.9 Å². The van der Waals surface area contributed by atoms with Crippen LogP contribution in [-0.4, -0.2) is 16.0 Å². The van der Waals surface area contributed by atoms with Crippen molar-refractivity contribution in [2.24, 2.45) is 5.92 Å². The molecule has 7 heteroatoms. The quantitative estimate of drug-likeness (QED) is 0.852. The van der Waals surface area contributed by atoms with Crippen LogP contribution in [0.1, 0.15) is 6.92 Å². The van der Waals surface area contributed by atoms with E-state index in [2.05, 4.69) is 21.6 Å². The highest BCUT2D eigenvalue weighted by atomic mass is 32.2. The smallest absolute Gasteiger partial charge is 0.210 e. The van der Waals surface area contributed by atoms with Gasteiger partial charge >= 0.3 is 0 Å². The molecule has 0 radical (unpaired) electrons. The number of anilines is 2. The first kappa shape index (κ1) is 13.8. The molecule has 4 nitrogen and oxygen atoms in total. The fraction of sp³-hybridized carbons (Fsp3) is 0.250. The van der Waals surface area contributed by atoms with Crippen LogP contribution < -0.4 is 5.32 Å². The van der Waals surface area contributed by atoms with Gasteiger partial charge in [-0.25, -0.2) is 4.39 Å². The number of benzene rings is 1. The number of halogens is 1. The maximum Gasteiger partial charge on any atom is 0.210 e. The van der Waals surface area contributed by atoms with Gasteiger partial charge in [0.15, 0.2) is 4.34 Å². The van der Waals surface area contributed by atoms with Gasteiger partial charge in [0.05, 0.1) is 12.0 Å². The topological polar surface area (TPSA) is 61.6 Å². The Hall–Kier alpha value is -1.65. The molecule has 19 heavy (non-hydrogen) atoms. The van der Waals surface area contributed by atoms with Crippen LogP contribution in [0.25, 0.3) is 0 Å². The number of nitrogens with one attached hydrogen (secondary N) is 1. The molecule has 0 saturated carbocycles. The number of thioether (sulfide) groups is 1. The summed E-state index contributed by atoms with van der Waals surface area (Å²) in [6.07, 6.45) is 0. The van der Waals surface area contributed by atoms with Gasteiger partial charge in [-0.3, -0.25) is 0 Å².